The third-order valence-corrected chi connectivity index (χ3v) is 6.37. The van der Waals surface area contributed by atoms with Gasteiger partial charge in [-0.25, -0.2) is 0 Å². The van der Waals surface area contributed by atoms with E-state index in [1.54, 1.807) is 7.11 Å². The lowest BCUT2D eigenvalue weighted by molar-refractivity contribution is -0.173. The average Bonchev–Trinajstić information content (AvgIpc) is 2.73. The highest BCUT2D eigenvalue weighted by Crippen LogP contribution is 2.37. The molecule has 0 aliphatic carbocycles. The van der Waals surface area contributed by atoms with Crippen molar-refractivity contribution in [2.45, 2.75) is 37.5 Å². The number of piperidine rings is 1. The Morgan fingerprint density at radius 3 is 2.45 bits per heavy atom. The molecular weight excluding hydrogens is 372 g/mol. The summed E-state index contributed by atoms with van der Waals surface area (Å²) in [6, 6.07) is 6.10. The van der Waals surface area contributed by atoms with Gasteiger partial charge in [0.2, 0.25) is 0 Å². The van der Waals surface area contributed by atoms with E-state index in [1.807, 2.05) is 12.1 Å². The van der Waals surface area contributed by atoms with Gasteiger partial charge in [-0.2, -0.15) is 0 Å². The molecule has 0 aromatic heterocycles. The molecule has 1 aromatic carbocycles. The minimum atomic E-state index is -0.535. The molecule has 4 rings (SSSR count). The number of hydrogen-bond acceptors (Lipinski definition) is 7. The van der Waals surface area contributed by atoms with Crippen molar-refractivity contribution < 1.29 is 24.1 Å². The molecule has 3 fully saturated rings. The number of ether oxygens (including phenoxy) is 4. The van der Waals surface area contributed by atoms with E-state index in [2.05, 4.69) is 15.9 Å². The minimum Gasteiger partial charge on any atom is -0.493 e. The van der Waals surface area contributed by atoms with Crippen LogP contribution in [0.2, 0.25) is 0 Å². The topological polar surface area (TPSA) is 63.6 Å². The number of β-amino-alcohol motifs (C(OH)–C–C–N with tert-alkyl or cyclic N) is 1. The highest BCUT2D eigenvalue weighted by Gasteiger charge is 2.40. The van der Waals surface area contributed by atoms with Gasteiger partial charge in [0.25, 0.3) is 0 Å². The quantitative estimate of drug-likeness (QED) is 0.702. The maximum absolute atomic E-state index is 10.3. The number of benzene rings is 1. The highest BCUT2D eigenvalue weighted by molar-refractivity contribution is 5.43. The molecule has 0 radical (unpaired) electrons. The molecule has 3 aliphatic heterocycles. The lowest BCUT2D eigenvalue weighted by atomic mass is 9.84. The predicted molar refractivity (Wildman–Crippen MR) is 110 cm³/mol. The van der Waals surface area contributed by atoms with Gasteiger partial charge in [-0.05, 0) is 37.0 Å². The largest absolute Gasteiger partial charge is 0.493 e. The Labute approximate surface area is 173 Å². The van der Waals surface area contributed by atoms with Crippen LogP contribution in [0.1, 0.15) is 24.8 Å². The first kappa shape index (κ1) is 20.9. The Balaban J connectivity index is 1.26. The van der Waals surface area contributed by atoms with E-state index in [0.717, 1.165) is 71.1 Å². The van der Waals surface area contributed by atoms with E-state index in [1.165, 1.54) is 12.0 Å². The molecule has 7 nitrogen and oxygen atoms in total. The number of aliphatic hydroxyl groups excluding tert-OH is 1. The molecule has 1 spiro atoms. The first-order chi connectivity index (χ1) is 14.2. The molecule has 1 aromatic rings. The molecule has 3 saturated heterocycles. The van der Waals surface area contributed by atoms with Crippen LogP contribution in [0, 0.1) is 0 Å². The normalized spacial score (nSPS) is 23.5. The molecule has 1 N–H and O–H groups in total. The maximum Gasteiger partial charge on any atom is 0.161 e. The minimum absolute atomic E-state index is 0.188. The summed E-state index contributed by atoms with van der Waals surface area (Å²) < 4.78 is 22.6. The zero-order valence-electron chi connectivity index (χ0n) is 17.5. The van der Waals surface area contributed by atoms with E-state index >= 15 is 0 Å². The summed E-state index contributed by atoms with van der Waals surface area (Å²) in [4.78, 5) is 4.68. The zero-order valence-corrected chi connectivity index (χ0v) is 17.5. The summed E-state index contributed by atoms with van der Waals surface area (Å²) in [7, 11) is 1.66. The summed E-state index contributed by atoms with van der Waals surface area (Å²) in [5, 5.41) is 10.3. The van der Waals surface area contributed by atoms with Gasteiger partial charge >= 0.3 is 0 Å². The SMILES string of the molecule is COc1cc(CN2CCC3(CCO3)CC2)ccc1OCC(O)CN1CCOCC1. The standard InChI is InChI=1S/C22H34N2O5/c1-26-21-14-18(15-23-7-4-22(5-8-23)6-11-29-22)2-3-20(21)28-17-19(25)16-24-9-12-27-13-10-24/h2-3,14,19,25H,4-13,15-17H2,1H3. The van der Waals surface area contributed by atoms with Crippen molar-refractivity contribution in [1.29, 1.82) is 0 Å². The Hall–Kier alpha value is -1.38. The Bertz CT molecular complexity index is 651. The summed E-state index contributed by atoms with van der Waals surface area (Å²) in [5.74, 6) is 1.40. The first-order valence-corrected chi connectivity index (χ1v) is 10.8. The van der Waals surface area contributed by atoms with Gasteiger partial charge in [0, 0.05) is 39.3 Å². The van der Waals surface area contributed by atoms with Gasteiger partial charge in [-0.3, -0.25) is 9.80 Å². The van der Waals surface area contributed by atoms with Crippen molar-refractivity contribution in [3.8, 4) is 11.5 Å². The first-order valence-electron chi connectivity index (χ1n) is 10.8. The van der Waals surface area contributed by atoms with Crippen molar-refractivity contribution in [2.75, 3.05) is 66.3 Å². The van der Waals surface area contributed by atoms with Crippen molar-refractivity contribution in [1.82, 2.24) is 9.80 Å². The molecule has 0 bridgehead atoms. The summed E-state index contributed by atoms with van der Waals surface area (Å²) >= 11 is 0. The van der Waals surface area contributed by atoms with Crippen molar-refractivity contribution in [3.63, 3.8) is 0 Å². The monoisotopic (exact) mass is 406 g/mol. The van der Waals surface area contributed by atoms with Crippen LogP contribution >= 0.6 is 0 Å². The third kappa shape index (κ3) is 5.41. The van der Waals surface area contributed by atoms with E-state index in [0.29, 0.717) is 12.3 Å². The zero-order chi connectivity index (χ0) is 20.1. The van der Waals surface area contributed by atoms with Gasteiger partial charge in [-0.1, -0.05) is 6.07 Å². The molecule has 29 heavy (non-hydrogen) atoms. The second-order valence-electron chi connectivity index (χ2n) is 8.42. The van der Waals surface area contributed by atoms with Crippen LogP contribution in [0.3, 0.4) is 0 Å². The van der Waals surface area contributed by atoms with Gasteiger partial charge in [0.05, 0.1) is 32.5 Å². The van der Waals surface area contributed by atoms with E-state index in [4.69, 9.17) is 18.9 Å². The molecule has 162 valence electrons. The lowest BCUT2D eigenvalue weighted by Gasteiger charge is -2.47. The van der Waals surface area contributed by atoms with E-state index in [-0.39, 0.29) is 12.2 Å². The molecule has 0 saturated carbocycles. The molecular formula is C22H34N2O5. The second kappa shape index (κ2) is 9.62. The van der Waals surface area contributed by atoms with Crippen LogP contribution in [0.4, 0.5) is 0 Å². The molecule has 0 amide bonds. The smallest absolute Gasteiger partial charge is 0.161 e. The summed E-state index contributed by atoms with van der Waals surface area (Å²) in [5.41, 5.74) is 1.40. The van der Waals surface area contributed by atoms with Crippen LogP contribution in [0.25, 0.3) is 0 Å². The predicted octanol–water partition coefficient (Wildman–Crippen LogP) is 1.52. The number of nitrogens with zero attached hydrogens (tertiary/aromatic N) is 2. The molecule has 3 aliphatic rings. The summed E-state index contributed by atoms with van der Waals surface area (Å²) in [6.45, 7) is 8.03. The Morgan fingerprint density at radius 1 is 1.03 bits per heavy atom. The van der Waals surface area contributed by atoms with Crippen LogP contribution in [0.15, 0.2) is 18.2 Å². The lowest BCUT2D eigenvalue weighted by Crippen LogP contribution is -2.52. The van der Waals surface area contributed by atoms with Crippen LogP contribution in [0.5, 0.6) is 11.5 Å². The number of morpholine rings is 1. The average molecular weight is 407 g/mol. The van der Waals surface area contributed by atoms with Crippen LogP contribution in [-0.4, -0.2) is 92.9 Å². The maximum atomic E-state index is 10.3. The van der Waals surface area contributed by atoms with E-state index < -0.39 is 6.10 Å². The third-order valence-electron chi connectivity index (χ3n) is 6.37. The van der Waals surface area contributed by atoms with Crippen molar-refractivity contribution in [3.05, 3.63) is 23.8 Å². The number of methoxy groups -OCH3 is 1. The van der Waals surface area contributed by atoms with Gasteiger partial charge in [-0.15, -0.1) is 0 Å². The number of aliphatic hydroxyl groups is 1. The van der Waals surface area contributed by atoms with Crippen LogP contribution < -0.4 is 9.47 Å². The fraction of sp³-hybridized carbons (Fsp3) is 0.727. The fourth-order valence-electron chi connectivity index (χ4n) is 4.41. The van der Waals surface area contributed by atoms with Crippen molar-refractivity contribution in [2.24, 2.45) is 0 Å². The number of hydrogen-bond donors (Lipinski definition) is 1. The molecule has 3 heterocycles. The highest BCUT2D eigenvalue weighted by atomic mass is 16.5. The number of likely N-dealkylation sites (tertiary alicyclic amines) is 1. The van der Waals surface area contributed by atoms with Gasteiger partial charge in [0.1, 0.15) is 12.7 Å². The Morgan fingerprint density at radius 2 is 1.79 bits per heavy atom. The number of rotatable bonds is 8. The second-order valence-corrected chi connectivity index (χ2v) is 8.42. The fourth-order valence-corrected chi connectivity index (χ4v) is 4.41. The van der Waals surface area contributed by atoms with Crippen molar-refractivity contribution >= 4 is 0 Å². The van der Waals surface area contributed by atoms with E-state index in [9.17, 15) is 5.11 Å². The molecule has 7 heteroatoms. The summed E-state index contributed by atoms with van der Waals surface area (Å²) in [6.07, 6.45) is 2.95. The van der Waals surface area contributed by atoms with Gasteiger partial charge in [0.15, 0.2) is 11.5 Å². The van der Waals surface area contributed by atoms with Gasteiger partial charge < -0.3 is 24.1 Å². The van der Waals surface area contributed by atoms with Crippen LogP contribution in [-0.2, 0) is 16.0 Å². The molecule has 1 atom stereocenters. The Kier molecular flexibility index (Phi) is 6.92. The molecule has 1 unspecified atom stereocenters.